The van der Waals surface area contributed by atoms with E-state index in [1.165, 1.54) is 0 Å². The third-order valence-electron chi connectivity index (χ3n) is 4.91. The van der Waals surface area contributed by atoms with Gasteiger partial charge in [-0.05, 0) is 35.4 Å². The Morgan fingerprint density at radius 3 is 1.40 bits per heavy atom. The molecule has 2 heterocycles. The van der Waals surface area contributed by atoms with E-state index in [1.807, 2.05) is 36.4 Å². The molecule has 0 radical (unpaired) electrons. The van der Waals surface area contributed by atoms with Crippen molar-refractivity contribution in [2.24, 2.45) is 0 Å². The summed E-state index contributed by atoms with van der Waals surface area (Å²) in [5, 5.41) is 21.7. The van der Waals surface area contributed by atoms with Crippen molar-refractivity contribution in [2.75, 3.05) is 0 Å². The van der Waals surface area contributed by atoms with Gasteiger partial charge in [-0.3, -0.25) is 14.8 Å². The molecule has 5 heteroatoms. The van der Waals surface area contributed by atoms with E-state index in [4.69, 9.17) is 0 Å². The highest BCUT2D eigenvalue weighted by atomic mass is 16.3. The lowest BCUT2D eigenvalue weighted by molar-refractivity contribution is 0.102. The molecule has 148 valence electrons. The Morgan fingerprint density at radius 1 is 0.600 bits per heavy atom. The molecule has 0 aliphatic heterocycles. The second-order valence-electron chi connectivity index (χ2n) is 6.83. The first kappa shape index (κ1) is 19.6. The van der Waals surface area contributed by atoms with Crippen LogP contribution in [-0.4, -0.2) is 26.0 Å². The lowest BCUT2D eigenvalue weighted by atomic mass is 9.93. The van der Waals surface area contributed by atoms with Crippen LogP contribution in [0.1, 0.15) is 50.6 Å². The molecule has 2 atom stereocenters. The van der Waals surface area contributed by atoms with E-state index in [0.29, 0.717) is 11.1 Å². The minimum Gasteiger partial charge on any atom is -0.382 e. The van der Waals surface area contributed by atoms with Crippen LogP contribution in [0, 0.1) is 0 Å². The summed E-state index contributed by atoms with van der Waals surface area (Å²) in [4.78, 5) is 22.0. The number of aliphatic hydroxyl groups is 2. The van der Waals surface area contributed by atoms with Gasteiger partial charge in [0.15, 0.2) is 5.78 Å². The molecule has 2 N–H and O–H groups in total. The van der Waals surface area contributed by atoms with Gasteiger partial charge in [0.1, 0.15) is 12.2 Å². The molecule has 0 fully saturated rings. The predicted octanol–water partition coefficient (Wildman–Crippen LogP) is 3.87. The third-order valence-corrected chi connectivity index (χ3v) is 4.91. The van der Waals surface area contributed by atoms with Crippen molar-refractivity contribution >= 4 is 5.78 Å². The molecule has 2 aromatic carbocycles. The van der Waals surface area contributed by atoms with Crippen LogP contribution in [0.5, 0.6) is 0 Å². The number of benzene rings is 2. The van der Waals surface area contributed by atoms with E-state index >= 15 is 0 Å². The summed E-state index contributed by atoms with van der Waals surface area (Å²) < 4.78 is 0. The molecule has 5 nitrogen and oxygen atoms in total. The molecule has 0 amide bonds. The standard InChI is InChI=1S/C25H20N2O3/c28-23(17-9-3-1-4-10-17)21-19(13-7-15-26-21)25(30)20-14-8-16-27-22(20)24(29)18-11-5-2-6-12-18/h1-16,23-24,28-29H. The Balaban J connectivity index is 1.75. The highest BCUT2D eigenvalue weighted by Gasteiger charge is 2.25. The quantitative estimate of drug-likeness (QED) is 0.484. The number of carbonyl (C=O) groups is 1. The van der Waals surface area contributed by atoms with Gasteiger partial charge in [-0.25, -0.2) is 0 Å². The zero-order valence-corrected chi connectivity index (χ0v) is 16.1. The minimum absolute atomic E-state index is 0.262. The van der Waals surface area contributed by atoms with E-state index in [1.54, 1.807) is 60.9 Å². The second-order valence-corrected chi connectivity index (χ2v) is 6.83. The number of ketones is 1. The van der Waals surface area contributed by atoms with Crippen molar-refractivity contribution in [3.05, 3.63) is 131 Å². The van der Waals surface area contributed by atoms with Crippen LogP contribution in [0.2, 0.25) is 0 Å². The Kier molecular flexibility index (Phi) is 5.75. The maximum atomic E-state index is 13.5. The number of carbonyl (C=O) groups excluding carboxylic acids is 1. The first-order chi connectivity index (χ1) is 14.7. The predicted molar refractivity (Wildman–Crippen MR) is 113 cm³/mol. The summed E-state index contributed by atoms with van der Waals surface area (Å²) in [7, 11) is 0. The summed E-state index contributed by atoms with van der Waals surface area (Å²) >= 11 is 0. The van der Waals surface area contributed by atoms with Crippen LogP contribution >= 0.6 is 0 Å². The van der Waals surface area contributed by atoms with Crippen molar-refractivity contribution in [3.8, 4) is 0 Å². The highest BCUT2D eigenvalue weighted by molar-refractivity contribution is 6.10. The molecular weight excluding hydrogens is 376 g/mol. The van der Waals surface area contributed by atoms with Gasteiger partial charge in [0, 0.05) is 23.5 Å². The second kappa shape index (κ2) is 8.78. The molecule has 2 unspecified atom stereocenters. The fourth-order valence-corrected chi connectivity index (χ4v) is 3.39. The van der Waals surface area contributed by atoms with Crippen LogP contribution in [0.4, 0.5) is 0 Å². The van der Waals surface area contributed by atoms with Gasteiger partial charge in [-0.1, -0.05) is 60.7 Å². The van der Waals surface area contributed by atoms with Crippen LogP contribution in [0.25, 0.3) is 0 Å². The van der Waals surface area contributed by atoms with Gasteiger partial charge in [0.05, 0.1) is 11.4 Å². The molecule has 0 spiro atoms. The molecule has 30 heavy (non-hydrogen) atoms. The molecule has 0 aliphatic rings. The Morgan fingerprint density at radius 2 is 1.00 bits per heavy atom. The van der Waals surface area contributed by atoms with Gasteiger partial charge >= 0.3 is 0 Å². The van der Waals surface area contributed by atoms with Crippen molar-refractivity contribution in [3.63, 3.8) is 0 Å². The number of aliphatic hydroxyl groups excluding tert-OH is 2. The fourth-order valence-electron chi connectivity index (χ4n) is 3.39. The van der Waals surface area contributed by atoms with Crippen LogP contribution in [0.3, 0.4) is 0 Å². The maximum Gasteiger partial charge on any atom is 0.196 e. The largest absolute Gasteiger partial charge is 0.382 e. The highest BCUT2D eigenvalue weighted by Crippen LogP contribution is 2.28. The molecule has 0 bridgehead atoms. The number of hydrogen-bond acceptors (Lipinski definition) is 5. The average molecular weight is 396 g/mol. The van der Waals surface area contributed by atoms with E-state index in [2.05, 4.69) is 9.97 Å². The number of rotatable bonds is 6. The maximum absolute atomic E-state index is 13.5. The molecule has 4 aromatic rings. The molecule has 4 rings (SSSR count). The van der Waals surface area contributed by atoms with E-state index in [0.717, 1.165) is 0 Å². The lowest BCUT2D eigenvalue weighted by Gasteiger charge is -2.17. The first-order valence-corrected chi connectivity index (χ1v) is 9.57. The number of aromatic nitrogens is 2. The lowest BCUT2D eigenvalue weighted by Crippen LogP contribution is -2.15. The van der Waals surface area contributed by atoms with Crippen molar-refractivity contribution in [1.82, 2.24) is 9.97 Å². The average Bonchev–Trinajstić information content (AvgIpc) is 2.84. The summed E-state index contributed by atoms with van der Waals surface area (Å²) in [6.07, 6.45) is 0.985. The first-order valence-electron chi connectivity index (χ1n) is 9.57. The van der Waals surface area contributed by atoms with Crippen molar-refractivity contribution in [1.29, 1.82) is 0 Å². The smallest absolute Gasteiger partial charge is 0.196 e. The minimum atomic E-state index is -1.05. The molecule has 2 aromatic heterocycles. The SMILES string of the molecule is O=C(c1cccnc1C(O)c1ccccc1)c1cccnc1C(O)c1ccccc1. The monoisotopic (exact) mass is 396 g/mol. The Bertz CT molecular complexity index is 1060. The number of nitrogens with zero attached hydrogens (tertiary/aromatic N) is 2. The van der Waals surface area contributed by atoms with Crippen LogP contribution < -0.4 is 0 Å². The molecular formula is C25H20N2O3. The zero-order chi connectivity index (χ0) is 20.9. The van der Waals surface area contributed by atoms with Crippen LogP contribution in [0.15, 0.2) is 97.3 Å². The molecule has 0 saturated heterocycles. The van der Waals surface area contributed by atoms with E-state index in [-0.39, 0.29) is 28.3 Å². The summed E-state index contributed by atoms with van der Waals surface area (Å²) in [6.45, 7) is 0. The van der Waals surface area contributed by atoms with Gasteiger partial charge in [-0.2, -0.15) is 0 Å². The fraction of sp³-hybridized carbons (Fsp3) is 0.0800. The normalized spacial score (nSPS) is 12.9. The van der Waals surface area contributed by atoms with Crippen LogP contribution in [-0.2, 0) is 0 Å². The van der Waals surface area contributed by atoms with E-state index in [9.17, 15) is 15.0 Å². The topological polar surface area (TPSA) is 83.3 Å². The summed E-state index contributed by atoms with van der Waals surface area (Å²) in [6, 6.07) is 24.7. The number of hydrogen-bond donors (Lipinski definition) is 2. The van der Waals surface area contributed by atoms with Crippen molar-refractivity contribution < 1.29 is 15.0 Å². The number of pyridine rings is 2. The third kappa shape index (κ3) is 3.89. The molecule has 0 saturated carbocycles. The van der Waals surface area contributed by atoms with Gasteiger partial charge in [0.2, 0.25) is 0 Å². The molecule has 0 aliphatic carbocycles. The Labute approximate surface area is 174 Å². The summed E-state index contributed by atoms with van der Waals surface area (Å²) in [5.41, 5.74) is 2.34. The zero-order valence-electron chi connectivity index (χ0n) is 16.1. The van der Waals surface area contributed by atoms with Gasteiger partial charge in [0.25, 0.3) is 0 Å². The Hall–Kier alpha value is -3.67. The van der Waals surface area contributed by atoms with Gasteiger partial charge < -0.3 is 10.2 Å². The summed E-state index contributed by atoms with van der Waals surface area (Å²) in [5.74, 6) is -0.355. The van der Waals surface area contributed by atoms with Gasteiger partial charge in [-0.15, -0.1) is 0 Å². The van der Waals surface area contributed by atoms with E-state index < -0.39 is 12.2 Å². The van der Waals surface area contributed by atoms with Crippen molar-refractivity contribution in [2.45, 2.75) is 12.2 Å².